The van der Waals surface area contributed by atoms with Gasteiger partial charge in [-0.2, -0.15) is 0 Å². The van der Waals surface area contributed by atoms with Crippen molar-refractivity contribution in [3.05, 3.63) is 35.6 Å². The number of aliphatic carboxylic acids is 1. The van der Waals surface area contributed by atoms with Gasteiger partial charge in [0.05, 0.1) is 26.1 Å². The lowest BCUT2D eigenvalue weighted by atomic mass is 9.71. The maximum absolute atomic E-state index is 11.9. The van der Waals surface area contributed by atoms with Crippen LogP contribution in [0.4, 0.5) is 5.69 Å². The molecule has 0 aliphatic carbocycles. The van der Waals surface area contributed by atoms with Gasteiger partial charge in [-0.1, -0.05) is 19.4 Å². The van der Waals surface area contributed by atoms with E-state index in [2.05, 4.69) is 23.2 Å². The summed E-state index contributed by atoms with van der Waals surface area (Å²) in [5.41, 5.74) is 2.86. The summed E-state index contributed by atoms with van der Waals surface area (Å²) in [6, 6.07) is 6.79. The van der Waals surface area contributed by atoms with Crippen molar-refractivity contribution < 1.29 is 19.4 Å². The lowest BCUT2D eigenvalue weighted by Crippen LogP contribution is -2.58. The fourth-order valence-corrected chi connectivity index (χ4v) is 5.70. The number of carboxylic acids is 1. The van der Waals surface area contributed by atoms with Crippen LogP contribution in [0.15, 0.2) is 30.0 Å². The number of nitrogens with one attached hydrogen (secondary N) is 1. The molecular weight excluding hydrogens is 356 g/mol. The van der Waals surface area contributed by atoms with E-state index in [0.717, 1.165) is 43.8 Å². The number of carbonyl (C=O) groups is 1. The molecule has 0 amide bonds. The average molecular weight is 386 g/mol. The Kier molecular flexibility index (Phi) is 5.23. The normalized spacial score (nSPS) is 32.0. The molecule has 28 heavy (non-hydrogen) atoms. The molecule has 0 saturated carbocycles. The first kappa shape index (κ1) is 19.1. The van der Waals surface area contributed by atoms with Crippen molar-refractivity contribution >= 4 is 11.7 Å². The van der Waals surface area contributed by atoms with Crippen molar-refractivity contribution in [3.63, 3.8) is 0 Å². The zero-order valence-electron chi connectivity index (χ0n) is 16.9. The van der Waals surface area contributed by atoms with E-state index in [-0.39, 0.29) is 12.0 Å². The molecule has 3 heterocycles. The molecule has 4 rings (SSSR count). The number of hydrogen-bond acceptors (Lipinski definition) is 5. The standard InChI is InChI=1S/C22H30N2O4/c1-4-13-11-24-9-8-14-20-17(6-5-7-19(20)28-3)23-21(14)18(24)10-15(13)16(12-27-2)22(25)26/h5-7,12-15,18,21,23H,4,8-11H2,1-3H3,(H,25,26)/b16-12+/t13-,14?,15+,18+,21?/m1/s1. The minimum absolute atomic E-state index is 0.00913. The number of fused-ring (bicyclic) bond motifs is 5. The predicted octanol–water partition coefficient (Wildman–Crippen LogP) is 3.31. The summed E-state index contributed by atoms with van der Waals surface area (Å²) in [4.78, 5) is 14.5. The molecule has 152 valence electrons. The SMILES string of the molecule is CC[C@@H]1CN2CCC3c4c(cccc4OC)NC3[C@@H]2C[C@@H]1/C(=C\OC)C(=O)O. The molecule has 0 bridgehead atoms. The summed E-state index contributed by atoms with van der Waals surface area (Å²) < 4.78 is 10.8. The third-order valence-corrected chi connectivity index (χ3v) is 6.97. The molecule has 2 unspecified atom stereocenters. The monoisotopic (exact) mass is 386 g/mol. The number of anilines is 1. The van der Waals surface area contributed by atoms with Crippen LogP contribution in [0.5, 0.6) is 5.75 Å². The fraction of sp³-hybridized carbons (Fsp3) is 0.591. The summed E-state index contributed by atoms with van der Waals surface area (Å²) in [5, 5.41) is 13.5. The highest BCUT2D eigenvalue weighted by molar-refractivity contribution is 5.87. The zero-order chi connectivity index (χ0) is 19.8. The van der Waals surface area contributed by atoms with Crippen LogP contribution in [0.2, 0.25) is 0 Å². The van der Waals surface area contributed by atoms with Gasteiger partial charge in [0.2, 0.25) is 0 Å². The third-order valence-electron chi connectivity index (χ3n) is 6.97. The van der Waals surface area contributed by atoms with Crippen molar-refractivity contribution in [2.75, 3.05) is 32.6 Å². The molecule has 5 atom stereocenters. The second-order valence-electron chi connectivity index (χ2n) is 8.17. The molecule has 6 nitrogen and oxygen atoms in total. The van der Waals surface area contributed by atoms with Crippen LogP contribution in [-0.4, -0.2) is 55.4 Å². The lowest BCUT2D eigenvalue weighted by Gasteiger charge is -2.50. The van der Waals surface area contributed by atoms with Crippen LogP contribution in [-0.2, 0) is 9.53 Å². The summed E-state index contributed by atoms with van der Waals surface area (Å²) in [7, 11) is 3.26. The number of rotatable bonds is 5. The lowest BCUT2D eigenvalue weighted by molar-refractivity contribution is -0.134. The summed E-state index contributed by atoms with van der Waals surface area (Å²) >= 11 is 0. The molecule has 3 aliphatic heterocycles. The maximum atomic E-state index is 11.9. The number of benzene rings is 1. The Bertz CT molecular complexity index is 778. The van der Waals surface area contributed by atoms with Gasteiger partial charge in [-0.15, -0.1) is 0 Å². The van der Waals surface area contributed by atoms with Gasteiger partial charge in [-0.25, -0.2) is 4.79 Å². The number of nitrogens with zero attached hydrogens (tertiary/aromatic N) is 1. The first-order valence-corrected chi connectivity index (χ1v) is 10.2. The Hall–Kier alpha value is -2.21. The van der Waals surface area contributed by atoms with Gasteiger partial charge in [0, 0.05) is 35.8 Å². The van der Waals surface area contributed by atoms with E-state index in [4.69, 9.17) is 9.47 Å². The van der Waals surface area contributed by atoms with Crippen molar-refractivity contribution in [1.82, 2.24) is 4.90 Å². The molecular formula is C22H30N2O4. The molecule has 0 spiro atoms. The van der Waals surface area contributed by atoms with Gasteiger partial charge >= 0.3 is 5.97 Å². The average Bonchev–Trinajstić information content (AvgIpc) is 3.10. The molecule has 2 fully saturated rings. The van der Waals surface area contributed by atoms with Crippen LogP contribution < -0.4 is 10.1 Å². The van der Waals surface area contributed by atoms with Crippen molar-refractivity contribution in [2.45, 2.75) is 44.2 Å². The van der Waals surface area contributed by atoms with Crippen LogP contribution in [0.1, 0.15) is 37.7 Å². The van der Waals surface area contributed by atoms with E-state index in [1.54, 1.807) is 7.11 Å². The van der Waals surface area contributed by atoms with Gasteiger partial charge < -0.3 is 19.9 Å². The van der Waals surface area contributed by atoms with Gasteiger partial charge in [0.15, 0.2) is 0 Å². The van der Waals surface area contributed by atoms with E-state index in [1.165, 1.54) is 18.9 Å². The van der Waals surface area contributed by atoms with E-state index >= 15 is 0 Å². The molecule has 3 aliphatic rings. The number of ether oxygens (including phenoxy) is 2. The van der Waals surface area contributed by atoms with Crippen molar-refractivity contribution in [2.24, 2.45) is 11.8 Å². The Labute approximate surface area is 166 Å². The quantitative estimate of drug-likeness (QED) is 0.598. The van der Waals surface area contributed by atoms with Gasteiger partial charge in [-0.3, -0.25) is 4.90 Å². The van der Waals surface area contributed by atoms with E-state index < -0.39 is 5.97 Å². The Morgan fingerprint density at radius 3 is 2.89 bits per heavy atom. The largest absolute Gasteiger partial charge is 0.504 e. The summed E-state index contributed by atoms with van der Waals surface area (Å²) in [6.07, 6.45) is 4.34. The molecule has 2 saturated heterocycles. The van der Waals surface area contributed by atoms with Gasteiger partial charge in [-0.05, 0) is 43.4 Å². The Morgan fingerprint density at radius 2 is 2.21 bits per heavy atom. The maximum Gasteiger partial charge on any atom is 0.334 e. The molecule has 1 aromatic carbocycles. The topological polar surface area (TPSA) is 71.0 Å². The number of piperidine rings is 2. The van der Waals surface area contributed by atoms with Gasteiger partial charge in [0.25, 0.3) is 0 Å². The van der Waals surface area contributed by atoms with Crippen LogP contribution in [0.25, 0.3) is 0 Å². The minimum Gasteiger partial charge on any atom is -0.504 e. The number of carboxylic acid groups (broad SMARTS) is 1. The third kappa shape index (κ3) is 3.04. The van der Waals surface area contributed by atoms with Gasteiger partial charge in [0.1, 0.15) is 5.75 Å². The Morgan fingerprint density at radius 1 is 1.39 bits per heavy atom. The Balaban J connectivity index is 1.64. The summed E-state index contributed by atoms with van der Waals surface area (Å²) in [6.45, 7) is 4.15. The first-order valence-electron chi connectivity index (χ1n) is 10.2. The van der Waals surface area contributed by atoms with Crippen molar-refractivity contribution in [3.8, 4) is 5.75 Å². The second-order valence-corrected chi connectivity index (χ2v) is 8.17. The van der Waals surface area contributed by atoms with Crippen molar-refractivity contribution in [1.29, 1.82) is 0 Å². The molecule has 6 heteroatoms. The zero-order valence-corrected chi connectivity index (χ0v) is 16.9. The van der Waals surface area contributed by atoms with Crippen LogP contribution >= 0.6 is 0 Å². The fourth-order valence-electron chi connectivity index (χ4n) is 5.70. The molecule has 0 aromatic heterocycles. The minimum atomic E-state index is -0.865. The highest BCUT2D eigenvalue weighted by atomic mass is 16.5. The number of methoxy groups -OCH3 is 2. The van der Waals surface area contributed by atoms with Crippen LogP contribution in [0.3, 0.4) is 0 Å². The smallest absolute Gasteiger partial charge is 0.334 e. The highest BCUT2D eigenvalue weighted by Crippen LogP contribution is 2.50. The number of hydrogen-bond donors (Lipinski definition) is 2. The van der Waals surface area contributed by atoms with E-state index in [1.807, 2.05) is 12.1 Å². The van der Waals surface area contributed by atoms with Crippen LogP contribution in [0, 0.1) is 11.8 Å². The van der Waals surface area contributed by atoms with E-state index in [0.29, 0.717) is 23.5 Å². The molecule has 1 aromatic rings. The van der Waals surface area contributed by atoms with E-state index in [9.17, 15) is 9.90 Å². The predicted molar refractivity (Wildman–Crippen MR) is 108 cm³/mol. The summed E-state index contributed by atoms with van der Waals surface area (Å²) in [5.74, 6) is 0.843. The first-order chi connectivity index (χ1) is 13.6. The molecule has 0 radical (unpaired) electrons. The molecule has 2 N–H and O–H groups in total. The second kappa shape index (κ2) is 7.66. The highest BCUT2D eigenvalue weighted by Gasteiger charge is 2.49.